The van der Waals surface area contributed by atoms with Crippen LogP contribution in [0.2, 0.25) is 0 Å². The number of nitrogens with one attached hydrogen (secondary N) is 1. The summed E-state index contributed by atoms with van der Waals surface area (Å²) in [6.07, 6.45) is 1.73. The number of anilines is 1. The lowest BCUT2D eigenvalue weighted by Gasteiger charge is -2.07. The lowest BCUT2D eigenvalue weighted by molar-refractivity contribution is -0.393. The third-order valence-electron chi connectivity index (χ3n) is 2.76. The zero-order chi connectivity index (χ0) is 15.8. The second-order valence-electron chi connectivity index (χ2n) is 4.33. The van der Waals surface area contributed by atoms with Crippen molar-refractivity contribution in [2.24, 2.45) is 0 Å². The zero-order valence-electron chi connectivity index (χ0n) is 11.1. The topological polar surface area (TPSA) is 138 Å². The molecule has 0 heterocycles. The van der Waals surface area contributed by atoms with Crippen LogP contribution in [0.15, 0.2) is 18.2 Å². The Morgan fingerprint density at radius 1 is 1.10 bits per heavy atom. The summed E-state index contributed by atoms with van der Waals surface area (Å²) in [4.78, 5) is 30.3. The van der Waals surface area contributed by atoms with Crippen molar-refractivity contribution < 1.29 is 19.7 Å². The van der Waals surface area contributed by atoms with Crippen molar-refractivity contribution in [1.29, 1.82) is 0 Å². The monoisotopic (exact) mass is 296 g/mol. The summed E-state index contributed by atoms with van der Waals surface area (Å²) in [7, 11) is 0. The molecule has 0 radical (unpaired) electrons. The Kier molecular flexibility index (Phi) is 6.05. The molecule has 0 saturated carbocycles. The molecule has 0 amide bonds. The fourth-order valence-corrected chi connectivity index (χ4v) is 1.73. The molecule has 0 spiro atoms. The number of carbonyl (C=O) groups is 1. The van der Waals surface area contributed by atoms with Crippen LogP contribution in [0.25, 0.3) is 0 Å². The summed E-state index contributed by atoms with van der Waals surface area (Å²) < 4.78 is 0. The van der Waals surface area contributed by atoms with Gasteiger partial charge < -0.3 is 15.2 Å². The number of carboxylic acid groups (broad SMARTS) is 1. The van der Waals surface area contributed by atoms with Crippen molar-refractivity contribution >= 4 is 23.0 Å². The third kappa shape index (κ3) is 5.43. The Balaban J connectivity index is 2.56. The fraction of sp³-hybridized carbons (Fsp3) is 0.417. The van der Waals surface area contributed by atoms with Crippen molar-refractivity contribution in [3.63, 3.8) is 0 Å². The van der Waals surface area contributed by atoms with Gasteiger partial charge in [0.2, 0.25) is 0 Å². The van der Waals surface area contributed by atoms with Crippen molar-refractivity contribution in [2.45, 2.75) is 25.7 Å². The standard InChI is InChI=1S/C12H15N3O6/c16-12(17)4-2-1-3-7-13-10-6-5-9(14(18)19)8-11(10)15(20)21/h5-6,8,13H,1-4,7H2,(H,16,17)/p-1. The van der Waals surface area contributed by atoms with Crippen molar-refractivity contribution in [3.8, 4) is 0 Å². The van der Waals surface area contributed by atoms with Gasteiger partial charge in [-0.15, -0.1) is 0 Å². The Morgan fingerprint density at radius 3 is 2.38 bits per heavy atom. The number of benzene rings is 1. The number of carboxylic acids is 1. The Labute approximate surface area is 119 Å². The third-order valence-corrected chi connectivity index (χ3v) is 2.76. The molecule has 0 bridgehead atoms. The zero-order valence-corrected chi connectivity index (χ0v) is 11.1. The summed E-state index contributed by atoms with van der Waals surface area (Å²) in [5.74, 6) is -1.10. The molecule has 0 fully saturated rings. The number of aliphatic carboxylic acids is 1. The minimum Gasteiger partial charge on any atom is -0.550 e. The van der Waals surface area contributed by atoms with E-state index >= 15 is 0 Å². The summed E-state index contributed by atoms with van der Waals surface area (Å²) >= 11 is 0. The second-order valence-corrected chi connectivity index (χ2v) is 4.33. The first-order valence-corrected chi connectivity index (χ1v) is 6.28. The molecule has 1 N–H and O–H groups in total. The molecule has 0 atom stereocenters. The van der Waals surface area contributed by atoms with E-state index in [0.717, 1.165) is 6.07 Å². The quantitative estimate of drug-likeness (QED) is 0.410. The van der Waals surface area contributed by atoms with Crippen molar-refractivity contribution in [2.75, 3.05) is 11.9 Å². The van der Waals surface area contributed by atoms with Gasteiger partial charge in [0, 0.05) is 18.6 Å². The van der Waals surface area contributed by atoms with Crippen LogP contribution in [-0.2, 0) is 4.79 Å². The van der Waals surface area contributed by atoms with Crippen LogP contribution in [0.3, 0.4) is 0 Å². The minimum atomic E-state index is -1.10. The molecule has 0 aliphatic rings. The van der Waals surface area contributed by atoms with Gasteiger partial charge in [-0.05, 0) is 25.3 Å². The maximum Gasteiger partial charge on any atom is 0.299 e. The molecule has 0 aromatic heterocycles. The molecule has 1 aromatic carbocycles. The lowest BCUT2D eigenvalue weighted by atomic mass is 10.2. The molecule has 0 saturated heterocycles. The van der Waals surface area contributed by atoms with Crippen LogP contribution in [-0.4, -0.2) is 22.4 Å². The van der Waals surface area contributed by atoms with E-state index in [0.29, 0.717) is 25.8 Å². The molecule has 9 heteroatoms. The molecule has 114 valence electrons. The van der Waals surface area contributed by atoms with Gasteiger partial charge in [0.25, 0.3) is 11.4 Å². The summed E-state index contributed by atoms with van der Waals surface area (Å²) in [6, 6.07) is 3.38. The Bertz CT molecular complexity index is 546. The first-order valence-electron chi connectivity index (χ1n) is 6.28. The highest BCUT2D eigenvalue weighted by Gasteiger charge is 2.18. The van der Waals surface area contributed by atoms with Crippen molar-refractivity contribution in [1.82, 2.24) is 0 Å². The fourth-order valence-electron chi connectivity index (χ4n) is 1.73. The number of hydrogen-bond acceptors (Lipinski definition) is 7. The average molecular weight is 296 g/mol. The molecular formula is C12H14N3O6-. The molecular weight excluding hydrogens is 282 g/mol. The molecule has 0 unspecified atom stereocenters. The van der Waals surface area contributed by atoms with Gasteiger partial charge in [-0.1, -0.05) is 6.42 Å². The van der Waals surface area contributed by atoms with Crippen LogP contribution >= 0.6 is 0 Å². The van der Waals surface area contributed by atoms with Crippen LogP contribution in [0.5, 0.6) is 0 Å². The number of unbranched alkanes of at least 4 members (excludes halogenated alkanes) is 2. The molecule has 0 aliphatic heterocycles. The molecule has 21 heavy (non-hydrogen) atoms. The van der Waals surface area contributed by atoms with Gasteiger partial charge in [-0.3, -0.25) is 20.2 Å². The van der Waals surface area contributed by atoms with E-state index in [2.05, 4.69) is 5.32 Å². The number of nitro groups is 2. The summed E-state index contributed by atoms with van der Waals surface area (Å²) in [5.41, 5.74) is -0.509. The van der Waals surface area contributed by atoms with E-state index in [4.69, 9.17) is 0 Å². The number of non-ortho nitro benzene ring substituents is 1. The highest BCUT2D eigenvalue weighted by Crippen LogP contribution is 2.28. The van der Waals surface area contributed by atoms with Gasteiger partial charge in [0.1, 0.15) is 5.69 Å². The maximum atomic E-state index is 10.9. The van der Waals surface area contributed by atoms with Gasteiger partial charge >= 0.3 is 0 Å². The maximum absolute atomic E-state index is 10.9. The van der Waals surface area contributed by atoms with E-state index in [9.17, 15) is 30.1 Å². The van der Waals surface area contributed by atoms with Crippen LogP contribution in [0.4, 0.5) is 17.1 Å². The van der Waals surface area contributed by atoms with E-state index in [1.165, 1.54) is 12.1 Å². The predicted octanol–water partition coefficient (Wildman–Crippen LogP) is 1.23. The normalized spacial score (nSPS) is 10.1. The molecule has 0 aliphatic carbocycles. The van der Waals surface area contributed by atoms with Gasteiger partial charge in [0.15, 0.2) is 0 Å². The second kappa shape index (κ2) is 7.78. The van der Waals surface area contributed by atoms with E-state index in [-0.39, 0.29) is 23.5 Å². The Morgan fingerprint density at radius 2 is 1.81 bits per heavy atom. The first-order chi connectivity index (χ1) is 9.91. The number of carbonyl (C=O) groups excluding carboxylic acids is 1. The van der Waals surface area contributed by atoms with E-state index in [1.54, 1.807) is 0 Å². The SMILES string of the molecule is O=C([O-])CCCCCNc1ccc([N+](=O)[O-])cc1[N+](=O)[O-]. The van der Waals surface area contributed by atoms with E-state index in [1.807, 2.05) is 0 Å². The lowest BCUT2D eigenvalue weighted by Crippen LogP contribution is -2.21. The average Bonchev–Trinajstić information content (AvgIpc) is 2.42. The van der Waals surface area contributed by atoms with Gasteiger partial charge in [-0.25, -0.2) is 0 Å². The number of hydrogen-bond donors (Lipinski definition) is 1. The molecule has 1 rings (SSSR count). The predicted molar refractivity (Wildman–Crippen MR) is 71.7 cm³/mol. The van der Waals surface area contributed by atoms with Crippen LogP contribution in [0.1, 0.15) is 25.7 Å². The Hall–Kier alpha value is -2.71. The minimum absolute atomic E-state index is 0.0162. The number of nitro benzene ring substituents is 2. The first kappa shape index (κ1) is 16.3. The highest BCUT2D eigenvalue weighted by atomic mass is 16.6. The van der Waals surface area contributed by atoms with Gasteiger partial charge in [-0.2, -0.15) is 0 Å². The van der Waals surface area contributed by atoms with E-state index < -0.39 is 15.8 Å². The van der Waals surface area contributed by atoms with Gasteiger partial charge in [0.05, 0.1) is 15.9 Å². The largest absolute Gasteiger partial charge is 0.550 e. The molecule has 9 nitrogen and oxygen atoms in total. The van der Waals surface area contributed by atoms with Crippen molar-refractivity contribution in [3.05, 3.63) is 38.4 Å². The van der Waals surface area contributed by atoms with Crippen LogP contribution < -0.4 is 10.4 Å². The number of nitrogens with zero attached hydrogens (tertiary/aromatic N) is 2. The van der Waals surface area contributed by atoms with Crippen LogP contribution in [0, 0.1) is 20.2 Å². The molecule has 1 aromatic rings. The number of rotatable bonds is 9. The highest BCUT2D eigenvalue weighted by molar-refractivity contribution is 5.65. The summed E-state index contributed by atoms with van der Waals surface area (Å²) in [6.45, 7) is 0.408. The summed E-state index contributed by atoms with van der Waals surface area (Å²) in [5, 5.41) is 34.5. The smallest absolute Gasteiger partial charge is 0.299 e.